The Labute approximate surface area is 134 Å². The number of carbonyl (C=O) groups is 1. The summed E-state index contributed by atoms with van der Waals surface area (Å²) in [6.07, 6.45) is 1.76. The van der Waals surface area contributed by atoms with Gasteiger partial charge in [-0.2, -0.15) is 0 Å². The van der Waals surface area contributed by atoms with E-state index in [4.69, 9.17) is 0 Å². The normalized spacial score (nSPS) is 11.5. The van der Waals surface area contributed by atoms with Gasteiger partial charge in [0.25, 0.3) is 5.91 Å². The number of hydrogen-bond acceptors (Lipinski definition) is 1. The summed E-state index contributed by atoms with van der Waals surface area (Å²) >= 11 is 3.34. The lowest BCUT2D eigenvalue weighted by Crippen LogP contribution is -2.26. The van der Waals surface area contributed by atoms with Crippen molar-refractivity contribution in [3.05, 3.63) is 57.8 Å². The highest BCUT2D eigenvalue weighted by Crippen LogP contribution is 2.22. The van der Waals surface area contributed by atoms with Crippen molar-refractivity contribution in [2.75, 3.05) is 7.05 Å². The van der Waals surface area contributed by atoms with E-state index in [9.17, 15) is 4.79 Å². The van der Waals surface area contributed by atoms with Gasteiger partial charge < -0.3 is 9.88 Å². The molecule has 3 nitrogen and oxygen atoms in total. The van der Waals surface area contributed by atoms with Crippen LogP contribution in [-0.4, -0.2) is 22.8 Å². The number of nitrogens with one attached hydrogen (secondary N) is 1. The largest absolute Gasteiger partial charge is 0.356 e. The molecule has 4 heteroatoms. The fourth-order valence-corrected chi connectivity index (χ4v) is 2.50. The minimum absolute atomic E-state index is 0.0133. The van der Waals surface area contributed by atoms with Gasteiger partial charge in [0.05, 0.1) is 0 Å². The Bertz CT molecular complexity index is 623. The Morgan fingerprint density at radius 3 is 2.33 bits per heavy atom. The van der Waals surface area contributed by atoms with E-state index in [2.05, 4.69) is 66.0 Å². The summed E-state index contributed by atoms with van der Waals surface area (Å²) in [5, 5.41) is 0. The van der Waals surface area contributed by atoms with Crippen LogP contribution in [0.25, 0.3) is 0 Å². The molecule has 0 bridgehead atoms. The number of nitrogens with zero attached hydrogens (tertiary/aromatic N) is 1. The van der Waals surface area contributed by atoms with Gasteiger partial charge in [-0.05, 0) is 38.5 Å². The van der Waals surface area contributed by atoms with Gasteiger partial charge >= 0.3 is 0 Å². The average Bonchev–Trinajstić information content (AvgIpc) is 2.84. The molecule has 0 saturated carbocycles. The first kappa shape index (κ1) is 15.8. The standard InChI is InChI=1S/C17H21BrN2O/c1-17(2,3)13-7-5-12(6-8-13)11-20(4)16(21)15-9-14(18)10-19-15/h5-10,19H,11H2,1-4H3. The number of aromatic nitrogens is 1. The summed E-state index contributed by atoms with van der Waals surface area (Å²) in [4.78, 5) is 16.9. The van der Waals surface area contributed by atoms with Crippen LogP contribution in [0.5, 0.6) is 0 Å². The topological polar surface area (TPSA) is 36.1 Å². The molecule has 2 aromatic rings. The zero-order valence-corrected chi connectivity index (χ0v) is 14.5. The van der Waals surface area contributed by atoms with Crippen LogP contribution in [0.15, 0.2) is 41.0 Å². The molecular weight excluding hydrogens is 328 g/mol. The van der Waals surface area contributed by atoms with Crippen LogP contribution in [0, 0.1) is 0 Å². The molecular formula is C17H21BrN2O. The second-order valence-corrected chi connectivity index (χ2v) is 7.26. The van der Waals surface area contributed by atoms with Gasteiger partial charge in [-0.1, -0.05) is 45.0 Å². The first-order chi connectivity index (χ1) is 9.77. The van der Waals surface area contributed by atoms with E-state index in [1.165, 1.54) is 5.56 Å². The Morgan fingerprint density at radius 2 is 1.86 bits per heavy atom. The molecule has 1 heterocycles. The van der Waals surface area contributed by atoms with E-state index in [1.54, 1.807) is 17.2 Å². The molecule has 1 aromatic carbocycles. The van der Waals surface area contributed by atoms with Gasteiger partial charge in [-0.25, -0.2) is 0 Å². The highest BCUT2D eigenvalue weighted by Gasteiger charge is 2.15. The van der Waals surface area contributed by atoms with Crippen molar-refractivity contribution >= 4 is 21.8 Å². The van der Waals surface area contributed by atoms with E-state index < -0.39 is 0 Å². The minimum Gasteiger partial charge on any atom is -0.356 e. The number of halogens is 1. The van der Waals surface area contributed by atoms with Crippen molar-refractivity contribution in [3.63, 3.8) is 0 Å². The summed E-state index contributed by atoms with van der Waals surface area (Å²) in [7, 11) is 1.81. The van der Waals surface area contributed by atoms with Crippen molar-refractivity contribution in [2.45, 2.75) is 32.7 Å². The van der Waals surface area contributed by atoms with Crippen LogP contribution in [-0.2, 0) is 12.0 Å². The lowest BCUT2D eigenvalue weighted by Gasteiger charge is -2.20. The molecule has 0 aliphatic rings. The smallest absolute Gasteiger partial charge is 0.270 e. The first-order valence-electron chi connectivity index (χ1n) is 6.96. The molecule has 0 fully saturated rings. The molecule has 2 rings (SSSR count). The van der Waals surface area contributed by atoms with Gasteiger partial charge in [-0.15, -0.1) is 0 Å². The number of H-pyrrole nitrogens is 1. The van der Waals surface area contributed by atoms with Crippen molar-refractivity contribution < 1.29 is 4.79 Å². The molecule has 21 heavy (non-hydrogen) atoms. The summed E-state index contributed by atoms with van der Waals surface area (Å²) in [5.74, 6) is -0.0133. The van der Waals surface area contributed by atoms with Crippen LogP contribution in [0.3, 0.4) is 0 Å². The third-order valence-electron chi connectivity index (χ3n) is 3.46. The SMILES string of the molecule is CN(Cc1ccc(C(C)(C)C)cc1)C(=O)c1cc(Br)c[nH]1. The van der Waals surface area contributed by atoms with Crippen LogP contribution in [0.4, 0.5) is 0 Å². The molecule has 0 aliphatic carbocycles. The summed E-state index contributed by atoms with van der Waals surface area (Å²) in [6.45, 7) is 7.18. The zero-order chi connectivity index (χ0) is 15.6. The predicted molar refractivity (Wildman–Crippen MR) is 89.4 cm³/mol. The van der Waals surface area contributed by atoms with Gasteiger partial charge in [0.1, 0.15) is 5.69 Å². The Morgan fingerprint density at radius 1 is 1.24 bits per heavy atom. The first-order valence-corrected chi connectivity index (χ1v) is 7.75. The number of rotatable bonds is 3. The predicted octanol–water partition coefficient (Wildman–Crippen LogP) is 4.35. The Balaban J connectivity index is 2.06. The highest BCUT2D eigenvalue weighted by atomic mass is 79.9. The van der Waals surface area contributed by atoms with Crippen molar-refractivity contribution in [3.8, 4) is 0 Å². The number of amides is 1. The molecule has 0 unspecified atom stereocenters. The molecule has 0 spiro atoms. The third kappa shape index (κ3) is 3.97. The summed E-state index contributed by atoms with van der Waals surface area (Å²) < 4.78 is 0.883. The molecule has 1 amide bonds. The summed E-state index contributed by atoms with van der Waals surface area (Å²) in [6, 6.07) is 10.3. The van der Waals surface area contributed by atoms with E-state index in [0.717, 1.165) is 10.0 Å². The molecule has 1 aromatic heterocycles. The van der Waals surface area contributed by atoms with Gasteiger partial charge in [-0.3, -0.25) is 4.79 Å². The second kappa shape index (κ2) is 6.06. The van der Waals surface area contributed by atoms with Crippen molar-refractivity contribution in [1.82, 2.24) is 9.88 Å². The number of hydrogen-bond donors (Lipinski definition) is 1. The molecule has 112 valence electrons. The van der Waals surface area contributed by atoms with E-state index >= 15 is 0 Å². The number of carbonyl (C=O) groups excluding carboxylic acids is 1. The van der Waals surface area contributed by atoms with Gasteiger partial charge in [0.2, 0.25) is 0 Å². The third-order valence-corrected chi connectivity index (χ3v) is 3.92. The number of aromatic amines is 1. The van der Waals surface area contributed by atoms with E-state index in [1.807, 2.05) is 7.05 Å². The Hall–Kier alpha value is -1.55. The van der Waals surface area contributed by atoms with Crippen LogP contribution in [0.2, 0.25) is 0 Å². The van der Waals surface area contributed by atoms with Crippen LogP contribution >= 0.6 is 15.9 Å². The lowest BCUT2D eigenvalue weighted by molar-refractivity contribution is 0.0780. The van der Waals surface area contributed by atoms with Gasteiger partial charge in [0, 0.05) is 24.3 Å². The second-order valence-electron chi connectivity index (χ2n) is 6.34. The molecule has 0 radical (unpaired) electrons. The zero-order valence-electron chi connectivity index (χ0n) is 12.9. The molecule has 0 saturated heterocycles. The van der Waals surface area contributed by atoms with Crippen LogP contribution in [0.1, 0.15) is 42.4 Å². The maximum absolute atomic E-state index is 12.3. The molecule has 0 aliphatic heterocycles. The fourth-order valence-electron chi connectivity index (χ4n) is 2.15. The molecule has 1 N–H and O–H groups in total. The number of benzene rings is 1. The summed E-state index contributed by atoms with van der Waals surface area (Å²) in [5.41, 5.74) is 3.17. The van der Waals surface area contributed by atoms with E-state index in [0.29, 0.717) is 12.2 Å². The van der Waals surface area contributed by atoms with E-state index in [-0.39, 0.29) is 11.3 Å². The molecule has 0 atom stereocenters. The average molecular weight is 349 g/mol. The van der Waals surface area contributed by atoms with Crippen LogP contribution < -0.4 is 0 Å². The fraction of sp³-hybridized carbons (Fsp3) is 0.353. The minimum atomic E-state index is -0.0133. The maximum Gasteiger partial charge on any atom is 0.270 e. The lowest BCUT2D eigenvalue weighted by atomic mass is 9.87. The monoisotopic (exact) mass is 348 g/mol. The Kier molecular flexibility index (Phi) is 4.57. The van der Waals surface area contributed by atoms with Gasteiger partial charge in [0.15, 0.2) is 0 Å². The quantitative estimate of drug-likeness (QED) is 0.879. The maximum atomic E-state index is 12.3. The van der Waals surface area contributed by atoms with Crippen molar-refractivity contribution in [2.24, 2.45) is 0 Å². The van der Waals surface area contributed by atoms with Crippen molar-refractivity contribution in [1.29, 1.82) is 0 Å². The highest BCUT2D eigenvalue weighted by molar-refractivity contribution is 9.10.